The van der Waals surface area contributed by atoms with Crippen LogP contribution in [0.5, 0.6) is 5.75 Å². The summed E-state index contributed by atoms with van der Waals surface area (Å²) in [5.41, 5.74) is 2.68. The Bertz CT molecular complexity index is 825. The highest BCUT2D eigenvalue weighted by Gasteiger charge is 2.20. The lowest BCUT2D eigenvalue weighted by Gasteiger charge is -2.14. The highest BCUT2D eigenvalue weighted by Crippen LogP contribution is 2.23. The van der Waals surface area contributed by atoms with Crippen LogP contribution in [0.4, 0.5) is 5.82 Å². The predicted octanol–water partition coefficient (Wildman–Crippen LogP) is 1.72. The number of rotatable bonds is 4. The number of aromatic nitrogens is 2. The molecule has 2 heterocycles. The fourth-order valence-corrected chi connectivity index (χ4v) is 3.05. The van der Waals surface area contributed by atoms with E-state index in [9.17, 15) is 4.79 Å². The minimum Gasteiger partial charge on any atom is -0.484 e. The third-order valence-corrected chi connectivity index (χ3v) is 4.46. The number of nitrogens with one attached hydrogen (secondary N) is 2. The second-order valence-corrected chi connectivity index (χ2v) is 6.27. The lowest BCUT2D eigenvalue weighted by molar-refractivity contribution is -0.118. The molecule has 2 aromatic rings. The smallest absolute Gasteiger partial charge is 0.263 e. The number of halogens is 1. The molecule has 8 heteroatoms. The van der Waals surface area contributed by atoms with Crippen molar-refractivity contribution in [2.24, 2.45) is 7.05 Å². The number of carbonyl (C=O) groups excluding carboxylic acids is 1. The Labute approximate surface area is 147 Å². The number of amides is 1. The number of nitriles is 1. The summed E-state index contributed by atoms with van der Waals surface area (Å²) in [4.78, 5) is 12.1. The van der Waals surface area contributed by atoms with E-state index < -0.39 is 0 Å². The zero-order valence-electron chi connectivity index (χ0n) is 13.1. The molecule has 1 aliphatic rings. The summed E-state index contributed by atoms with van der Waals surface area (Å²) in [7, 11) is 1.87. The van der Waals surface area contributed by atoms with Gasteiger partial charge >= 0.3 is 0 Å². The molecule has 7 nitrogen and oxygen atoms in total. The van der Waals surface area contributed by atoms with Gasteiger partial charge in [0.2, 0.25) is 0 Å². The van der Waals surface area contributed by atoms with Crippen LogP contribution >= 0.6 is 15.9 Å². The van der Waals surface area contributed by atoms with E-state index in [1.807, 2.05) is 7.05 Å². The standard InChI is InChI=1S/C16H16BrN5O2/c1-22-14-8-19-5-4-12(14)16(21-22)20-15(23)9-24-11-3-2-10(7-18)13(17)6-11/h2-3,6,19H,4-5,8-9H2,1H3,(H,20,21,23). The molecular weight excluding hydrogens is 374 g/mol. The first kappa shape index (κ1) is 16.5. The van der Waals surface area contributed by atoms with Gasteiger partial charge in [0.15, 0.2) is 12.4 Å². The van der Waals surface area contributed by atoms with Crippen molar-refractivity contribution < 1.29 is 9.53 Å². The van der Waals surface area contributed by atoms with Crippen molar-refractivity contribution in [3.8, 4) is 11.8 Å². The van der Waals surface area contributed by atoms with Crippen molar-refractivity contribution in [2.45, 2.75) is 13.0 Å². The maximum absolute atomic E-state index is 12.1. The molecule has 24 heavy (non-hydrogen) atoms. The molecule has 2 N–H and O–H groups in total. The molecule has 0 bridgehead atoms. The van der Waals surface area contributed by atoms with Crippen molar-refractivity contribution in [1.29, 1.82) is 5.26 Å². The van der Waals surface area contributed by atoms with Gasteiger partial charge in [-0.1, -0.05) is 0 Å². The van der Waals surface area contributed by atoms with Gasteiger partial charge in [0.25, 0.3) is 5.91 Å². The molecule has 0 spiro atoms. The summed E-state index contributed by atoms with van der Waals surface area (Å²) < 4.78 is 7.89. The summed E-state index contributed by atoms with van der Waals surface area (Å²) in [5.74, 6) is 0.849. The van der Waals surface area contributed by atoms with Crippen molar-refractivity contribution in [3.05, 3.63) is 39.5 Å². The summed E-state index contributed by atoms with van der Waals surface area (Å²) >= 11 is 3.29. The lowest BCUT2D eigenvalue weighted by atomic mass is 10.1. The first-order valence-corrected chi connectivity index (χ1v) is 8.25. The molecule has 124 valence electrons. The van der Waals surface area contributed by atoms with Crippen LogP contribution in [0.15, 0.2) is 22.7 Å². The summed E-state index contributed by atoms with van der Waals surface area (Å²) in [5, 5.41) is 19.4. The lowest BCUT2D eigenvalue weighted by Crippen LogP contribution is -2.26. The van der Waals surface area contributed by atoms with Gasteiger partial charge in [-0.2, -0.15) is 10.4 Å². The Morgan fingerprint density at radius 2 is 2.42 bits per heavy atom. The second kappa shape index (κ2) is 7.03. The van der Waals surface area contributed by atoms with Crippen molar-refractivity contribution in [2.75, 3.05) is 18.5 Å². The zero-order valence-corrected chi connectivity index (χ0v) is 14.7. The topological polar surface area (TPSA) is 92.0 Å². The van der Waals surface area contributed by atoms with E-state index in [1.54, 1.807) is 22.9 Å². The monoisotopic (exact) mass is 389 g/mol. The third kappa shape index (κ3) is 3.42. The molecule has 0 saturated heterocycles. The molecule has 1 aromatic heterocycles. The number of hydrogen-bond donors (Lipinski definition) is 2. The van der Waals surface area contributed by atoms with Gasteiger partial charge in [0.05, 0.1) is 11.3 Å². The Hall–Kier alpha value is -2.37. The van der Waals surface area contributed by atoms with Crippen molar-refractivity contribution in [1.82, 2.24) is 15.1 Å². The summed E-state index contributed by atoms with van der Waals surface area (Å²) in [6.07, 6.45) is 0.836. The Morgan fingerprint density at radius 3 is 3.17 bits per heavy atom. The van der Waals surface area contributed by atoms with Crippen LogP contribution in [0.3, 0.4) is 0 Å². The average Bonchev–Trinajstić information content (AvgIpc) is 2.89. The van der Waals surface area contributed by atoms with E-state index >= 15 is 0 Å². The number of ether oxygens (including phenoxy) is 1. The molecule has 0 unspecified atom stereocenters. The first-order valence-electron chi connectivity index (χ1n) is 7.46. The van der Waals surface area contributed by atoms with Crippen LogP contribution in [-0.2, 0) is 24.8 Å². The number of carbonyl (C=O) groups is 1. The van der Waals surface area contributed by atoms with E-state index in [1.165, 1.54) is 0 Å². The number of benzene rings is 1. The number of anilines is 1. The SMILES string of the molecule is Cn1nc(NC(=O)COc2ccc(C#N)c(Br)c2)c2c1CNCC2. The number of fused-ring (bicyclic) bond motifs is 1. The normalized spacial score (nSPS) is 13.0. The number of aryl methyl sites for hydroxylation is 1. The van der Waals surface area contributed by atoms with Gasteiger partial charge in [-0.05, 0) is 47.1 Å². The van der Waals surface area contributed by atoms with Crippen LogP contribution in [0.25, 0.3) is 0 Å². The fraction of sp³-hybridized carbons (Fsp3) is 0.312. The summed E-state index contributed by atoms with van der Waals surface area (Å²) in [6, 6.07) is 7.02. The van der Waals surface area contributed by atoms with E-state index in [4.69, 9.17) is 10.00 Å². The minimum atomic E-state index is -0.269. The van der Waals surface area contributed by atoms with E-state index in [2.05, 4.69) is 37.7 Å². The Balaban J connectivity index is 1.62. The van der Waals surface area contributed by atoms with E-state index in [0.717, 1.165) is 30.8 Å². The largest absolute Gasteiger partial charge is 0.484 e. The molecule has 1 amide bonds. The second-order valence-electron chi connectivity index (χ2n) is 5.41. The van der Waals surface area contributed by atoms with Gasteiger partial charge in [0.1, 0.15) is 11.8 Å². The highest BCUT2D eigenvalue weighted by molar-refractivity contribution is 9.10. The van der Waals surface area contributed by atoms with Crippen LogP contribution in [0.2, 0.25) is 0 Å². The van der Waals surface area contributed by atoms with Crippen LogP contribution in [-0.4, -0.2) is 28.8 Å². The molecule has 3 rings (SSSR count). The molecule has 0 atom stereocenters. The van der Waals surface area contributed by atoms with Crippen LogP contribution in [0.1, 0.15) is 16.8 Å². The average molecular weight is 390 g/mol. The van der Waals surface area contributed by atoms with E-state index in [0.29, 0.717) is 21.6 Å². The minimum absolute atomic E-state index is 0.123. The molecule has 0 saturated carbocycles. The van der Waals surface area contributed by atoms with Gasteiger partial charge in [-0.25, -0.2) is 0 Å². The molecular formula is C16H16BrN5O2. The van der Waals surface area contributed by atoms with Gasteiger partial charge in [-0.3, -0.25) is 9.48 Å². The molecule has 0 radical (unpaired) electrons. The van der Waals surface area contributed by atoms with Crippen LogP contribution < -0.4 is 15.4 Å². The van der Waals surface area contributed by atoms with E-state index in [-0.39, 0.29) is 12.5 Å². The zero-order chi connectivity index (χ0) is 17.1. The fourth-order valence-electron chi connectivity index (χ4n) is 2.60. The Kier molecular flexibility index (Phi) is 4.83. The quantitative estimate of drug-likeness (QED) is 0.830. The maximum atomic E-state index is 12.1. The molecule has 0 fully saturated rings. The van der Waals surface area contributed by atoms with Crippen molar-refractivity contribution in [3.63, 3.8) is 0 Å². The summed E-state index contributed by atoms with van der Waals surface area (Å²) in [6.45, 7) is 1.50. The molecule has 1 aromatic carbocycles. The van der Waals surface area contributed by atoms with Gasteiger partial charge in [0, 0.05) is 23.6 Å². The molecule has 1 aliphatic heterocycles. The number of nitrogens with zero attached hydrogens (tertiary/aromatic N) is 3. The molecule has 0 aliphatic carbocycles. The number of hydrogen-bond acceptors (Lipinski definition) is 5. The predicted molar refractivity (Wildman–Crippen MR) is 91.6 cm³/mol. The first-order chi connectivity index (χ1) is 11.6. The van der Waals surface area contributed by atoms with Gasteiger partial charge in [-0.15, -0.1) is 0 Å². The van der Waals surface area contributed by atoms with Crippen LogP contribution in [0, 0.1) is 11.3 Å². The third-order valence-electron chi connectivity index (χ3n) is 3.81. The van der Waals surface area contributed by atoms with Crippen molar-refractivity contribution >= 4 is 27.7 Å². The Morgan fingerprint density at radius 1 is 1.58 bits per heavy atom. The maximum Gasteiger partial charge on any atom is 0.263 e. The van der Waals surface area contributed by atoms with Gasteiger partial charge < -0.3 is 15.4 Å². The highest BCUT2D eigenvalue weighted by atomic mass is 79.9.